The number of ether oxygens (including phenoxy) is 2. The highest BCUT2D eigenvalue weighted by molar-refractivity contribution is 5.91. The lowest BCUT2D eigenvalue weighted by atomic mass is 10.2. The van der Waals surface area contributed by atoms with Crippen molar-refractivity contribution in [3.8, 4) is 17.4 Å². The van der Waals surface area contributed by atoms with Crippen LogP contribution in [-0.2, 0) is 16.1 Å². The Bertz CT molecular complexity index is 1220. The average molecular weight is 444 g/mol. The molecule has 0 fully saturated rings. The van der Waals surface area contributed by atoms with Gasteiger partial charge in [-0.15, -0.1) is 10.2 Å². The predicted octanol–water partition coefficient (Wildman–Crippen LogP) is 4.54. The summed E-state index contributed by atoms with van der Waals surface area (Å²) in [6.07, 6.45) is 0. The molecule has 1 N–H and O–H groups in total. The van der Waals surface area contributed by atoms with Crippen LogP contribution in [0.15, 0.2) is 66.7 Å². The number of benzene rings is 2. The Morgan fingerprint density at radius 2 is 1.70 bits per heavy atom. The summed E-state index contributed by atoms with van der Waals surface area (Å²) in [5.74, 6) is 1.35. The van der Waals surface area contributed by atoms with Gasteiger partial charge in [0, 0.05) is 17.4 Å². The number of hydrogen-bond acceptors (Lipinski definition) is 6. The van der Waals surface area contributed by atoms with Gasteiger partial charge in [0.1, 0.15) is 12.4 Å². The normalized spacial score (nSPS) is 10.8. The van der Waals surface area contributed by atoms with Crippen molar-refractivity contribution in [3.63, 3.8) is 0 Å². The van der Waals surface area contributed by atoms with Gasteiger partial charge in [-0.25, -0.2) is 4.68 Å². The van der Waals surface area contributed by atoms with Crippen LogP contribution in [0.2, 0.25) is 0 Å². The SMILES string of the molecule is Cc1nn(-c2ccc(Oc3ccc(NC(=O)COCc4ccccc4)cc3)nn2)c(C)c1C. The minimum Gasteiger partial charge on any atom is -0.438 e. The molecule has 4 aromatic rings. The Labute approximate surface area is 192 Å². The van der Waals surface area contributed by atoms with E-state index in [1.807, 2.05) is 57.2 Å². The van der Waals surface area contributed by atoms with E-state index in [-0.39, 0.29) is 12.5 Å². The summed E-state index contributed by atoms with van der Waals surface area (Å²) in [5, 5.41) is 15.7. The molecule has 0 aliphatic carbocycles. The molecule has 0 aliphatic heterocycles. The van der Waals surface area contributed by atoms with E-state index in [1.165, 1.54) is 0 Å². The second kappa shape index (κ2) is 10.1. The number of nitrogens with one attached hydrogen (secondary N) is 1. The van der Waals surface area contributed by atoms with Crippen LogP contribution in [0.25, 0.3) is 5.82 Å². The van der Waals surface area contributed by atoms with E-state index >= 15 is 0 Å². The summed E-state index contributed by atoms with van der Waals surface area (Å²) in [5.41, 5.74) is 4.79. The average Bonchev–Trinajstić information content (AvgIpc) is 3.09. The van der Waals surface area contributed by atoms with Crippen LogP contribution >= 0.6 is 0 Å². The Morgan fingerprint density at radius 1 is 0.939 bits per heavy atom. The lowest BCUT2D eigenvalue weighted by Gasteiger charge is -2.08. The standard InChI is InChI=1S/C25H25N5O3/c1-17-18(2)29-30(19(17)3)23-13-14-25(28-27-23)33-22-11-9-21(10-12-22)26-24(31)16-32-15-20-7-5-4-6-8-20/h4-14H,15-16H2,1-3H3,(H,26,31). The topological polar surface area (TPSA) is 91.2 Å². The van der Waals surface area contributed by atoms with Crippen LogP contribution in [0.4, 0.5) is 5.69 Å². The van der Waals surface area contributed by atoms with Crippen LogP contribution in [-0.4, -0.2) is 32.5 Å². The molecule has 1 amide bonds. The van der Waals surface area contributed by atoms with Crippen molar-refractivity contribution < 1.29 is 14.3 Å². The number of anilines is 1. The predicted molar refractivity (Wildman–Crippen MR) is 125 cm³/mol. The molecule has 0 atom stereocenters. The zero-order valence-electron chi connectivity index (χ0n) is 18.8. The molecule has 168 valence electrons. The summed E-state index contributed by atoms with van der Waals surface area (Å²) >= 11 is 0. The number of aromatic nitrogens is 4. The lowest BCUT2D eigenvalue weighted by Crippen LogP contribution is -2.18. The molecule has 0 spiro atoms. The maximum Gasteiger partial charge on any atom is 0.250 e. The first-order chi connectivity index (χ1) is 16.0. The van der Waals surface area contributed by atoms with Gasteiger partial charge < -0.3 is 14.8 Å². The fourth-order valence-corrected chi connectivity index (χ4v) is 3.18. The first-order valence-corrected chi connectivity index (χ1v) is 10.6. The number of carbonyl (C=O) groups excluding carboxylic acids is 1. The van der Waals surface area contributed by atoms with Gasteiger partial charge in [-0.05, 0) is 62.2 Å². The minimum absolute atomic E-state index is 0.0239. The smallest absolute Gasteiger partial charge is 0.250 e. The first kappa shape index (κ1) is 22.2. The summed E-state index contributed by atoms with van der Waals surface area (Å²) < 4.78 is 13.0. The van der Waals surface area contributed by atoms with E-state index in [0.717, 1.165) is 22.5 Å². The Balaban J connectivity index is 1.29. The van der Waals surface area contributed by atoms with E-state index in [9.17, 15) is 4.79 Å². The van der Waals surface area contributed by atoms with Crippen molar-refractivity contribution in [2.24, 2.45) is 0 Å². The molecule has 0 bridgehead atoms. The van der Waals surface area contributed by atoms with Crippen LogP contribution < -0.4 is 10.1 Å². The maximum atomic E-state index is 12.1. The third-order valence-corrected chi connectivity index (χ3v) is 5.20. The molecular weight excluding hydrogens is 418 g/mol. The Kier molecular flexibility index (Phi) is 6.75. The summed E-state index contributed by atoms with van der Waals surface area (Å²) in [4.78, 5) is 12.1. The monoisotopic (exact) mass is 443 g/mol. The van der Waals surface area contributed by atoms with Crippen molar-refractivity contribution in [1.29, 1.82) is 0 Å². The summed E-state index contributed by atoms with van der Waals surface area (Å²) in [6.45, 7) is 6.36. The molecule has 0 saturated carbocycles. The molecule has 0 saturated heterocycles. The van der Waals surface area contributed by atoms with Crippen molar-refractivity contribution >= 4 is 11.6 Å². The zero-order chi connectivity index (χ0) is 23.2. The van der Waals surface area contributed by atoms with Gasteiger partial charge in [0.15, 0.2) is 5.82 Å². The molecule has 2 aromatic carbocycles. The molecule has 0 radical (unpaired) electrons. The molecule has 4 rings (SSSR count). The number of hydrogen-bond donors (Lipinski definition) is 1. The second-order valence-corrected chi connectivity index (χ2v) is 7.59. The molecule has 2 heterocycles. The number of carbonyl (C=O) groups is 1. The van der Waals surface area contributed by atoms with Gasteiger partial charge in [-0.2, -0.15) is 5.10 Å². The number of nitrogens with zero attached hydrogens (tertiary/aromatic N) is 4. The van der Waals surface area contributed by atoms with E-state index in [4.69, 9.17) is 9.47 Å². The summed E-state index contributed by atoms with van der Waals surface area (Å²) in [6, 6.07) is 20.3. The third-order valence-electron chi connectivity index (χ3n) is 5.20. The molecule has 2 aromatic heterocycles. The van der Waals surface area contributed by atoms with Crippen molar-refractivity contribution in [2.45, 2.75) is 27.4 Å². The van der Waals surface area contributed by atoms with Crippen molar-refractivity contribution in [2.75, 3.05) is 11.9 Å². The van der Waals surface area contributed by atoms with E-state index in [2.05, 4.69) is 20.6 Å². The molecule has 0 aliphatic rings. The fraction of sp³-hybridized carbons (Fsp3) is 0.200. The van der Waals surface area contributed by atoms with Crippen molar-refractivity contribution in [1.82, 2.24) is 20.0 Å². The van der Waals surface area contributed by atoms with E-state index in [0.29, 0.717) is 29.7 Å². The first-order valence-electron chi connectivity index (χ1n) is 10.6. The van der Waals surface area contributed by atoms with Gasteiger partial charge in [-0.1, -0.05) is 30.3 Å². The molecule has 33 heavy (non-hydrogen) atoms. The maximum absolute atomic E-state index is 12.1. The highest BCUT2D eigenvalue weighted by Gasteiger charge is 2.11. The highest BCUT2D eigenvalue weighted by atomic mass is 16.5. The van der Waals surface area contributed by atoms with Gasteiger partial charge in [0.25, 0.3) is 0 Å². The lowest BCUT2D eigenvalue weighted by molar-refractivity contribution is -0.121. The van der Waals surface area contributed by atoms with Crippen LogP contribution in [0.3, 0.4) is 0 Å². The minimum atomic E-state index is -0.222. The molecule has 0 unspecified atom stereocenters. The largest absolute Gasteiger partial charge is 0.438 e. The molecule has 8 nitrogen and oxygen atoms in total. The quantitative estimate of drug-likeness (QED) is 0.430. The second-order valence-electron chi connectivity index (χ2n) is 7.59. The van der Waals surface area contributed by atoms with Gasteiger partial charge in [-0.3, -0.25) is 4.79 Å². The number of rotatable bonds is 8. The van der Waals surface area contributed by atoms with Crippen LogP contribution in [0.5, 0.6) is 11.6 Å². The molecular formula is C25H25N5O3. The Hall–Kier alpha value is -4.04. The van der Waals surface area contributed by atoms with Crippen LogP contribution in [0.1, 0.15) is 22.5 Å². The van der Waals surface area contributed by atoms with Crippen LogP contribution in [0, 0.1) is 20.8 Å². The Morgan fingerprint density at radius 3 is 2.33 bits per heavy atom. The summed E-state index contributed by atoms with van der Waals surface area (Å²) in [7, 11) is 0. The van der Waals surface area contributed by atoms with Gasteiger partial charge in [0.05, 0.1) is 12.3 Å². The third kappa shape index (κ3) is 5.61. The number of amides is 1. The van der Waals surface area contributed by atoms with E-state index in [1.54, 1.807) is 35.0 Å². The van der Waals surface area contributed by atoms with E-state index < -0.39 is 0 Å². The van der Waals surface area contributed by atoms with Crippen molar-refractivity contribution in [3.05, 3.63) is 89.2 Å². The van der Waals surface area contributed by atoms with Gasteiger partial charge in [0.2, 0.25) is 11.8 Å². The number of aryl methyl sites for hydroxylation is 1. The highest BCUT2D eigenvalue weighted by Crippen LogP contribution is 2.22. The van der Waals surface area contributed by atoms with Gasteiger partial charge >= 0.3 is 0 Å². The fourth-order valence-electron chi connectivity index (χ4n) is 3.18. The molecule has 8 heteroatoms. The zero-order valence-corrected chi connectivity index (χ0v) is 18.8.